The standard InChI is InChI=1S/C14H9NO3/c15-8-11(6-12-2-1-5-16-12)10-3-4-13-14(7-10)18-9-17-13/h1-7H,9H2/b11-6-. The number of allylic oxidation sites excluding steroid dienone is 1. The highest BCUT2D eigenvalue weighted by Gasteiger charge is 2.14. The maximum absolute atomic E-state index is 9.19. The van der Waals surface area contributed by atoms with Gasteiger partial charge in [-0.05, 0) is 42.0 Å². The van der Waals surface area contributed by atoms with Gasteiger partial charge in [0.25, 0.3) is 0 Å². The summed E-state index contributed by atoms with van der Waals surface area (Å²) >= 11 is 0. The van der Waals surface area contributed by atoms with Crippen molar-refractivity contribution >= 4 is 11.6 Å². The smallest absolute Gasteiger partial charge is 0.231 e. The van der Waals surface area contributed by atoms with E-state index in [9.17, 15) is 5.26 Å². The number of nitriles is 1. The van der Waals surface area contributed by atoms with Crippen LogP contribution in [0.2, 0.25) is 0 Å². The van der Waals surface area contributed by atoms with Crippen LogP contribution in [0.1, 0.15) is 11.3 Å². The molecule has 18 heavy (non-hydrogen) atoms. The van der Waals surface area contributed by atoms with Crippen LogP contribution in [0, 0.1) is 11.3 Å². The second-order valence-corrected chi connectivity index (χ2v) is 3.75. The van der Waals surface area contributed by atoms with E-state index in [0.717, 1.165) is 5.56 Å². The van der Waals surface area contributed by atoms with Crippen LogP contribution >= 0.6 is 0 Å². The molecular weight excluding hydrogens is 230 g/mol. The monoisotopic (exact) mass is 239 g/mol. The summed E-state index contributed by atoms with van der Waals surface area (Å²) in [6.07, 6.45) is 3.26. The Kier molecular flexibility index (Phi) is 2.50. The number of furan rings is 1. The maximum atomic E-state index is 9.19. The van der Waals surface area contributed by atoms with Crippen molar-refractivity contribution in [2.24, 2.45) is 0 Å². The third-order valence-corrected chi connectivity index (χ3v) is 2.63. The van der Waals surface area contributed by atoms with E-state index in [-0.39, 0.29) is 6.79 Å². The minimum Gasteiger partial charge on any atom is -0.465 e. The number of hydrogen-bond acceptors (Lipinski definition) is 4. The zero-order valence-electron chi connectivity index (χ0n) is 9.42. The van der Waals surface area contributed by atoms with Crippen molar-refractivity contribution in [2.45, 2.75) is 0 Å². The summed E-state index contributed by atoms with van der Waals surface area (Å²) in [5.74, 6) is 2.01. The molecule has 0 radical (unpaired) electrons. The van der Waals surface area contributed by atoms with Crippen LogP contribution in [-0.4, -0.2) is 6.79 Å². The molecule has 2 heterocycles. The van der Waals surface area contributed by atoms with Gasteiger partial charge in [0.05, 0.1) is 17.9 Å². The summed E-state index contributed by atoms with van der Waals surface area (Å²) in [7, 11) is 0. The first kappa shape index (κ1) is 10.5. The lowest BCUT2D eigenvalue weighted by atomic mass is 10.1. The van der Waals surface area contributed by atoms with E-state index < -0.39 is 0 Å². The lowest BCUT2D eigenvalue weighted by Gasteiger charge is -2.00. The average Bonchev–Trinajstić information content (AvgIpc) is 3.06. The molecular formula is C14H9NO3. The molecule has 1 aliphatic heterocycles. The number of fused-ring (bicyclic) bond motifs is 1. The van der Waals surface area contributed by atoms with E-state index in [1.54, 1.807) is 36.6 Å². The molecule has 0 saturated heterocycles. The maximum Gasteiger partial charge on any atom is 0.231 e. The Morgan fingerprint density at radius 1 is 1.22 bits per heavy atom. The van der Waals surface area contributed by atoms with Crippen molar-refractivity contribution in [2.75, 3.05) is 6.79 Å². The number of nitrogens with zero attached hydrogens (tertiary/aromatic N) is 1. The molecule has 2 aromatic rings. The molecule has 4 heteroatoms. The summed E-state index contributed by atoms with van der Waals surface area (Å²) in [5, 5.41) is 9.19. The first-order valence-electron chi connectivity index (χ1n) is 5.42. The minimum atomic E-state index is 0.225. The molecule has 0 amide bonds. The van der Waals surface area contributed by atoms with Crippen LogP contribution < -0.4 is 9.47 Å². The predicted molar refractivity (Wildman–Crippen MR) is 64.8 cm³/mol. The first-order chi connectivity index (χ1) is 8.86. The molecule has 0 bridgehead atoms. The van der Waals surface area contributed by atoms with Gasteiger partial charge in [0.2, 0.25) is 6.79 Å². The van der Waals surface area contributed by atoms with Gasteiger partial charge in [-0.3, -0.25) is 0 Å². The molecule has 0 unspecified atom stereocenters. The fourth-order valence-electron chi connectivity index (χ4n) is 1.76. The largest absolute Gasteiger partial charge is 0.465 e. The van der Waals surface area contributed by atoms with E-state index in [4.69, 9.17) is 13.9 Å². The number of hydrogen-bond donors (Lipinski definition) is 0. The van der Waals surface area contributed by atoms with Gasteiger partial charge >= 0.3 is 0 Å². The first-order valence-corrected chi connectivity index (χ1v) is 5.42. The molecule has 88 valence electrons. The Hall–Kier alpha value is -2.67. The molecule has 1 aliphatic rings. The second kappa shape index (κ2) is 4.30. The van der Waals surface area contributed by atoms with Crippen LogP contribution in [0.4, 0.5) is 0 Å². The van der Waals surface area contributed by atoms with Gasteiger partial charge in [0.15, 0.2) is 11.5 Å². The Bertz CT molecular complexity index is 636. The topological polar surface area (TPSA) is 55.4 Å². The molecule has 0 fully saturated rings. The van der Waals surface area contributed by atoms with E-state index in [0.29, 0.717) is 22.8 Å². The Morgan fingerprint density at radius 3 is 2.89 bits per heavy atom. The third kappa shape index (κ3) is 1.82. The fourth-order valence-corrected chi connectivity index (χ4v) is 1.76. The zero-order chi connectivity index (χ0) is 12.4. The molecule has 1 aromatic heterocycles. The number of ether oxygens (including phenoxy) is 2. The van der Waals surface area contributed by atoms with Crippen molar-refractivity contribution in [3.63, 3.8) is 0 Å². The zero-order valence-corrected chi connectivity index (χ0v) is 9.42. The molecule has 0 aliphatic carbocycles. The van der Waals surface area contributed by atoms with Crippen LogP contribution in [0.25, 0.3) is 11.6 Å². The van der Waals surface area contributed by atoms with Crippen molar-refractivity contribution in [1.29, 1.82) is 5.26 Å². The molecule has 4 nitrogen and oxygen atoms in total. The van der Waals surface area contributed by atoms with Crippen LogP contribution in [0.15, 0.2) is 41.0 Å². The number of rotatable bonds is 2. The van der Waals surface area contributed by atoms with Crippen LogP contribution in [-0.2, 0) is 0 Å². The second-order valence-electron chi connectivity index (χ2n) is 3.75. The minimum absolute atomic E-state index is 0.225. The van der Waals surface area contributed by atoms with E-state index in [1.807, 2.05) is 6.07 Å². The highest BCUT2D eigenvalue weighted by atomic mass is 16.7. The van der Waals surface area contributed by atoms with E-state index >= 15 is 0 Å². The quantitative estimate of drug-likeness (QED) is 0.756. The van der Waals surface area contributed by atoms with Crippen molar-refractivity contribution < 1.29 is 13.9 Å². The molecule has 1 aromatic carbocycles. The summed E-state index contributed by atoms with van der Waals surface area (Å²) in [6.45, 7) is 0.225. The summed E-state index contributed by atoms with van der Waals surface area (Å²) in [5.41, 5.74) is 1.29. The van der Waals surface area contributed by atoms with Gasteiger partial charge in [-0.2, -0.15) is 5.26 Å². The van der Waals surface area contributed by atoms with Gasteiger partial charge < -0.3 is 13.9 Å². The fraction of sp³-hybridized carbons (Fsp3) is 0.0714. The predicted octanol–water partition coefficient (Wildman–Crippen LogP) is 3.07. The molecule has 0 atom stereocenters. The molecule has 0 N–H and O–H groups in total. The Morgan fingerprint density at radius 2 is 2.11 bits per heavy atom. The summed E-state index contributed by atoms with van der Waals surface area (Å²) in [6, 6.07) is 11.1. The van der Waals surface area contributed by atoms with E-state index in [2.05, 4.69) is 6.07 Å². The van der Waals surface area contributed by atoms with Gasteiger partial charge in [0, 0.05) is 0 Å². The summed E-state index contributed by atoms with van der Waals surface area (Å²) in [4.78, 5) is 0. The Labute approximate surface area is 104 Å². The van der Waals surface area contributed by atoms with Gasteiger partial charge in [-0.1, -0.05) is 0 Å². The van der Waals surface area contributed by atoms with E-state index in [1.165, 1.54) is 0 Å². The van der Waals surface area contributed by atoms with Gasteiger partial charge in [-0.15, -0.1) is 0 Å². The van der Waals surface area contributed by atoms with Crippen molar-refractivity contribution in [3.8, 4) is 17.6 Å². The molecule has 0 spiro atoms. The van der Waals surface area contributed by atoms with Crippen molar-refractivity contribution in [3.05, 3.63) is 47.9 Å². The van der Waals surface area contributed by atoms with Crippen LogP contribution in [0.5, 0.6) is 11.5 Å². The van der Waals surface area contributed by atoms with Gasteiger partial charge in [-0.25, -0.2) is 0 Å². The van der Waals surface area contributed by atoms with Crippen molar-refractivity contribution in [1.82, 2.24) is 0 Å². The number of benzene rings is 1. The Balaban J connectivity index is 2.00. The highest BCUT2D eigenvalue weighted by molar-refractivity contribution is 5.89. The molecule has 0 saturated carbocycles. The van der Waals surface area contributed by atoms with Gasteiger partial charge in [0.1, 0.15) is 5.76 Å². The van der Waals surface area contributed by atoms with Crippen LogP contribution in [0.3, 0.4) is 0 Å². The lowest BCUT2D eigenvalue weighted by Crippen LogP contribution is -1.92. The summed E-state index contributed by atoms with van der Waals surface area (Å²) < 4.78 is 15.7. The third-order valence-electron chi connectivity index (χ3n) is 2.63. The lowest BCUT2D eigenvalue weighted by molar-refractivity contribution is 0.174. The highest BCUT2D eigenvalue weighted by Crippen LogP contribution is 2.34. The SMILES string of the molecule is N#C/C(=C/c1ccco1)c1ccc2c(c1)OCO2. The normalized spacial score (nSPS) is 13.4. The molecule has 3 rings (SSSR count). The average molecular weight is 239 g/mol.